The number of aliphatic hydroxyl groups excluding tert-OH is 1. The molecule has 0 spiro atoms. The number of benzene rings is 1. The fraction of sp³-hybridized carbons (Fsp3) is 0.658. The summed E-state index contributed by atoms with van der Waals surface area (Å²) in [7, 11) is 0. The molecule has 4 aliphatic heterocycles. The molecule has 4 N–H and O–H groups in total. The Labute approximate surface area is 323 Å². The van der Waals surface area contributed by atoms with Crippen LogP contribution < -0.4 is 16.0 Å². The van der Waals surface area contributed by atoms with Crippen molar-refractivity contribution < 1.29 is 56.9 Å². The fourth-order valence-corrected chi connectivity index (χ4v) is 7.85. The van der Waals surface area contributed by atoms with Crippen LogP contribution in [-0.4, -0.2) is 135 Å². The van der Waals surface area contributed by atoms with E-state index in [2.05, 4.69) is 16.0 Å². The summed E-state index contributed by atoms with van der Waals surface area (Å²) in [5, 5.41) is 18.5. The summed E-state index contributed by atoms with van der Waals surface area (Å²) >= 11 is 0. The molecule has 4 saturated heterocycles. The number of ether oxygens (including phenoxy) is 2. The number of aliphatic hydroxyl groups is 1. The van der Waals surface area contributed by atoms with E-state index in [4.69, 9.17) is 9.47 Å². The molecule has 9 atom stereocenters. The Morgan fingerprint density at radius 2 is 1.57 bits per heavy atom. The summed E-state index contributed by atoms with van der Waals surface area (Å²) in [5.41, 5.74) is -1.03. The normalized spacial score (nSPS) is 29.8. The van der Waals surface area contributed by atoms with Crippen LogP contribution in [0, 0.1) is 17.6 Å². The van der Waals surface area contributed by atoms with Gasteiger partial charge in [-0.1, -0.05) is 6.92 Å². The first-order valence-electron chi connectivity index (χ1n) is 19.1. The molecule has 1 aromatic carbocycles. The quantitative estimate of drug-likeness (QED) is 0.311. The number of nitrogens with one attached hydrogen (secondary N) is 3. The largest absolute Gasteiger partial charge is 0.458 e. The number of esters is 1. The zero-order chi connectivity index (χ0) is 41.2. The molecule has 0 aliphatic carbocycles. The van der Waals surface area contributed by atoms with E-state index in [0.29, 0.717) is 18.9 Å². The second kappa shape index (κ2) is 17.1. The maximum atomic E-state index is 14.6. The summed E-state index contributed by atoms with van der Waals surface area (Å²) in [6.07, 6.45) is -2.67. The van der Waals surface area contributed by atoms with Crippen LogP contribution >= 0.6 is 0 Å². The van der Waals surface area contributed by atoms with Crippen LogP contribution in [0.1, 0.15) is 79.2 Å². The van der Waals surface area contributed by atoms with E-state index in [0.717, 1.165) is 17.0 Å². The molecule has 0 unspecified atom stereocenters. The molecule has 1 aromatic rings. The summed E-state index contributed by atoms with van der Waals surface area (Å²) in [4.78, 5) is 101. The highest BCUT2D eigenvalue weighted by Gasteiger charge is 2.49. The van der Waals surface area contributed by atoms with Gasteiger partial charge < -0.3 is 45.2 Å². The Morgan fingerprint density at radius 1 is 0.911 bits per heavy atom. The Balaban J connectivity index is 1.53. The minimum absolute atomic E-state index is 0.0229. The van der Waals surface area contributed by atoms with Crippen molar-refractivity contribution in [2.45, 2.75) is 134 Å². The van der Waals surface area contributed by atoms with Crippen molar-refractivity contribution in [3.8, 4) is 0 Å². The first-order valence-corrected chi connectivity index (χ1v) is 19.1. The second-order valence-electron chi connectivity index (χ2n) is 16.3. The molecule has 0 radical (unpaired) electrons. The smallest absolute Gasteiger partial charge is 0.408 e. The molecule has 0 aromatic heterocycles. The number of alkyl carbamates (subject to hydrolysis) is 1. The van der Waals surface area contributed by atoms with E-state index >= 15 is 0 Å². The number of rotatable bonds is 5. The number of carbonyl (C=O) groups is 7. The molecule has 18 heteroatoms. The van der Waals surface area contributed by atoms with Gasteiger partial charge in [-0.25, -0.2) is 18.4 Å². The minimum atomic E-state index is -1.74. The highest BCUT2D eigenvalue weighted by Crippen LogP contribution is 2.29. The number of amides is 6. The Kier molecular flexibility index (Phi) is 12.9. The number of hydrogen-bond acceptors (Lipinski definition) is 10. The molecular formula is C38H52F2N6O10. The molecule has 4 fully saturated rings. The van der Waals surface area contributed by atoms with Crippen LogP contribution in [0.4, 0.5) is 13.6 Å². The SMILES string of the molecule is C[C@@H]1C[C@H]2C(=O)O[C@@H](C)[C@H](NC(=O)[C@H](Cc3cc(F)cc(F)c3)NC(=O)OC(C)(C)C)C(=O)N3C[C@H](O)C[C@H]3C(=O)N3CCCC[C@H]3C(=O)N[C@@H](C)C(=O)N2C1. The van der Waals surface area contributed by atoms with Gasteiger partial charge in [-0.3, -0.25) is 24.0 Å². The fourth-order valence-electron chi connectivity index (χ4n) is 7.85. The van der Waals surface area contributed by atoms with Gasteiger partial charge in [-0.15, -0.1) is 0 Å². The molecule has 16 nitrogen and oxygen atoms in total. The van der Waals surface area contributed by atoms with Gasteiger partial charge in [0, 0.05) is 38.5 Å². The van der Waals surface area contributed by atoms with Crippen molar-refractivity contribution in [1.29, 1.82) is 0 Å². The molecule has 56 heavy (non-hydrogen) atoms. The van der Waals surface area contributed by atoms with Crippen molar-refractivity contribution in [2.75, 3.05) is 19.6 Å². The van der Waals surface area contributed by atoms with Gasteiger partial charge in [0.2, 0.25) is 29.5 Å². The van der Waals surface area contributed by atoms with Crippen LogP contribution in [0.5, 0.6) is 0 Å². The summed E-state index contributed by atoms with van der Waals surface area (Å²) in [6, 6.07) is -5.19. The minimum Gasteiger partial charge on any atom is -0.458 e. The number of nitrogens with zero attached hydrogens (tertiary/aromatic N) is 3. The van der Waals surface area contributed by atoms with E-state index in [1.165, 1.54) is 23.6 Å². The van der Waals surface area contributed by atoms with E-state index in [9.17, 15) is 47.4 Å². The number of halogens is 2. The van der Waals surface area contributed by atoms with Crippen LogP contribution in [-0.2, 0) is 44.7 Å². The predicted octanol–water partition coefficient (Wildman–Crippen LogP) is 0.915. The highest BCUT2D eigenvalue weighted by molar-refractivity contribution is 5.98. The maximum Gasteiger partial charge on any atom is 0.408 e. The lowest BCUT2D eigenvalue weighted by atomic mass is 9.98. The van der Waals surface area contributed by atoms with E-state index in [1.54, 1.807) is 20.8 Å². The molecule has 4 heterocycles. The van der Waals surface area contributed by atoms with Gasteiger partial charge >= 0.3 is 12.1 Å². The Bertz CT molecular complexity index is 1700. The Morgan fingerprint density at radius 3 is 2.23 bits per heavy atom. The number of carbonyl (C=O) groups excluding carboxylic acids is 7. The van der Waals surface area contributed by atoms with Gasteiger partial charge in [0.05, 0.1) is 6.10 Å². The molecule has 6 amide bonds. The van der Waals surface area contributed by atoms with Crippen molar-refractivity contribution >= 4 is 41.6 Å². The number of hydrogen-bond donors (Lipinski definition) is 4. The van der Waals surface area contributed by atoms with Gasteiger partial charge in [0.15, 0.2) is 0 Å². The van der Waals surface area contributed by atoms with Crippen LogP contribution in [0.15, 0.2) is 18.2 Å². The highest BCUT2D eigenvalue weighted by atomic mass is 19.1. The molecular weight excluding hydrogens is 738 g/mol. The Hall–Kier alpha value is -4.87. The summed E-state index contributed by atoms with van der Waals surface area (Å²) < 4.78 is 39.6. The summed E-state index contributed by atoms with van der Waals surface area (Å²) in [5.74, 6) is -6.61. The van der Waals surface area contributed by atoms with Crippen LogP contribution in [0.25, 0.3) is 0 Å². The van der Waals surface area contributed by atoms with Crippen molar-refractivity contribution in [3.05, 3.63) is 35.4 Å². The first-order chi connectivity index (χ1) is 26.2. The van der Waals surface area contributed by atoms with Crippen molar-refractivity contribution in [1.82, 2.24) is 30.7 Å². The monoisotopic (exact) mass is 790 g/mol. The zero-order valence-electron chi connectivity index (χ0n) is 32.5. The summed E-state index contributed by atoms with van der Waals surface area (Å²) in [6.45, 7) is 9.41. The van der Waals surface area contributed by atoms with Gasteiger partial charge in [0.25, 0.3) is 0 Å². The van der Waals surface area contributed by atoms with Crippen molar-refractivity contribution in [2.24, 2.45) is 5.92 Å². The van der Waals surface area contributed by atoms with Crippen molar-refractivity contribution in [3.63, 3.8) is 0 Å². The third kappa shape index (κ3) is 9.92. The van der Waals surface area contributed by atoms with Crippen LogP contribution in [0.3, 0.4) is 0 Å². The number of piperidine rings is 1. The third-order valence-electron chi connectivity index (χ3n) is 10.4. The van der Waals surface area contributed by atoms with Gasteiger partial charge in [-0.2, -0.15) is 0 Å². The topological polar surface area (TPSA) is 204 Å². The zero-order valence-corrected chi connectivity index (χ0v) is 32.5. The van der Waals surface area contributed by atoms with E-state index in [1.807, 2.05) is 6.92 Å². The molecule has 4 aliphatic rings. The number of fused-ring (bicyclic) bond motifs is 3. The average molecular weight is 791 g/mol. The first kappa shape index (κ1) is 42.3. The van der Waals surface area contributed by atoms with Gasteiger partial charge in [0.1, 0.15) is 59.6 Å². The van der Waals surface area contributed by atoms with E-state index in [-0.39, 0.29) is 50.4 Å². The molecule has 0 bridgehead atoms. The lowest BCUT2D eigenvalue weighted by molar-refractivity contribution is -0.163. The molecule has 0 saturated carbocycles. The third-order valence-corrected chi connectivity index (χ3v) is 10.4. The van der Waals surface area contributed by atoms with E-state index < -0.39 is 114 Å². The van der Waals surface area contributed by atoms with Crippen LogP contribution in [0.2, 0.25) is 0 Å². The lowest BCUT2D eigenvalue weighted by Gasteiger charge is -2.39. The van der Waals surface area contributed by atoms with Gasteiger partial charge in [-0.05, 0) is 83.9 Å². The second-order valence-corrected chi connectivity index (χ2v) is 16.3. The lowest BCUT2D eigenvalue weighted by Crippen LogP contribution is -2.63. The molecule has 308 valence electrons. The number of cyclic esters (lactones) is 1. The predicted molar refractivity (Wildman–Crippen MR) is 193 cm³/mol. The molecule has 5 rings (SSSR count). The standard InChI is InChI=1S/C38H52F2N6O10/c1-19-11-29-36(53)55-21(3)30(43-31(48)26(42-37(54)56-38(4,5)6)14-22-12-23(39)15-24(40)13-22)35(52)46-18-25(47)16-28(46)34(51)44-10-8-7-9-27(44)32(49)41-20(2)33(50)45(29)17-19/h12-13,15,19-21,25-30,47H,7-11,14,16-18H2,1-6H3,(H,41,49)(H,42,54)(H,43,48)/t19-,20+,21+,25-,26+,27+,28+,29+,30+/m1/s1. The average Bonchev–Trinajstić information content (AvgIpc) is 3.70. The maximum absolute atomic E-state index is 14.6.